The number of rotatable bonds is 4. The maximum Gasteiger partial charge on any atom is 2.00 e. The molecule has 9 heteroatoms. The zero-order valence-corrected chi connectivity index (χ0v) is 13.3. The van der Waals surface area contributed by atoms with Crippen LogP contribution in [0.3, 0.4) is 0 Å². The van der Waals surface area contributed by atoms with Gasteiger partial charge >= 0.3 is 19.5 Å². The first-order valence-corrected chi connectivity index (χ1v) is 4.78. The van der Waals surface area contributed by atoms with Gasteiger partial charge in [0.1, 0.15) is 6.04 Å². The second kappa shape index (κ2) is 8.61. The van der Waals surface area contributed by atoms with Crippen LogP contribution in [0.15, 0.2) is 0 Å². The molecule has 0 saturated carbocycles. The molecule has 0 aliphatic carbocycles. The minimum Gasteiger partial charge on any atom is -0.412 e. The fraction of sp³-hybridized carbons (Fsp3) is 0.400. The van der Waals surface area contributed by atoms with Gasteiger partial charge in [0.25, 0.3) is 0 Å². The van der Waals surface area contributed by atoms with E-state index in [0.29, 0.717) is 0 Å². The Kier molecular flexibility index (Phi) is 10.3. The number of amides is 1. The number of nitrogens with one attached hydrogen (secondary N) is 2. The Morgan fingerprint density at radius 2 is 1.86 bits per heavy atom. The summed E-state index contributed by atoms with van der Waals surface area (Å²) in [4.78, 5) is 10.8. The molecule has 0 bridgehead atoms. The fourth-order valence-corrected chi connectivity index (χ4v) is 1.00. The van der Waals surface area contributed by atoms with Crippen LogP contribution >= 0.6 is 24.4 Å². The van der Waals surface area contributed by atoms with Crippen molar-refractivity contribution < 1.29 is 24.3 Å². The van der Waals surface area contributed by atoms with Gasteiger partial charge in [0.15, 0.2) is 0 Å². The number of primary amides is 1. The summed E-state index contributed by atoms with van der Waals surface area (Å²) in [7, 11) is 0. The molecular formula is C5H7N3OS4Zn. The third kappa shape index (κ3) is 8.89. The molecule has 4 nitrogen and oxygen atoms in total. The monoisotopic (exact) mass is 317 g/mol. The molecule has 4 N–H and O–H groups in total. The first-order chi connectivity index (χ1) is 5.93. The van der Waals surface area contributed by atoms with Crippen molar-refractivity contribution in [2.75, 3.05) is 6.54 Å². The van der Waals surface area contributed by atoms with E-state index in [-0.39, 0.29) is 34.7 Å². The predicted octanol–water partition coefficient (Wildman–Crippen LogP) is -1.32. The van der Waals surface area contributed by atoms with Gasteiger partial charge < -0.3 is 66.1 Å². The number of carbonyl (C=O) groups is 1. The molecular weight excluding hydrogens is 312 g/mol. The molecule has 0 aliphatic rings. The topological polar surface area (TPSA) is 67.2 Å². The van der Waals surface area contributed by atoms with Crippen molar-refractivity contribution in [3.8, 4) is 0 Å². The van der Waals surface area contributed by atoms with Crippen LogP contribution in [0, 0.1) is 0 Å². The Morgan fingerprint density at radius 1 is 1.36 bits per heavy atom. The van der Waals surface area contributed by atoms with Gasteiger partial charge in [0.2, 0.25) is 5.91 Å². The van der Waals surface area contributed by atoms with Crippen molar-refractivity contribution in [2.24, 2.45) is 5.73 Å². The third-order valence-corrected chi connectivity index (χ3v) is 1.61. The minimum atomic E-state index is -0.675. The normalized spacial score (nSPS) is 10.6. The Morgan fingerprint density at radius 3 is 2.14 bits per heavy atom. The summed E-state index contributed by atoms with van der Waals surface area (Å²) in [5.74, 6) is -0.564. The van der Waals surface area contributed by atoms with Crippen molar-refractivity contribution in [1.29, 1.82) is 0 Å². The van der Waals surface area contributed by atoms with Gasteiger partial charge in [-0.25, -0.2) is 0 Å². The van der Waals surface area contributed by atoms with Gasteiger partial charge in [-0.05, 0) is 0 Å². The largest absolute Gasteiger partial charge is 2.00 e. The molecule has 0 aliphatic heterocycles. The average Bonchev–Trinajstić information content (AvgIpc) is 1.96. The van der Waals surface area contributed by atoms with E-state index >= 15 is 0 Å². The van der Waals surface area contributed by atoms with Crippen LogP contribution in [0.5, 0.6) is 0 Å². The molecule has 1 atom stereocenters. The Labute approximate surface area is 117 Å². The number of thiocarbonyl (C=S) groups is 2. The van der Waals surface area contributed by atoms with E-state index in [1.807, 2.05) is 0 Å². The first-order valence-electron chi connectivity index (χ1n) is 3.15. The molecule has 74 valence electrons. The molecule has 0 spiro atoms. The number of nitrogens with two attached hydrogens (primary N) is 1. The number of hydrogen-bond acceptors (Lipinski definition) is 5. The molecule has 0 rings (SSSR count). The van der Waals surface area contributed by atoms with E-state index in [4.69, 9.17) is 5.73 Å². The Hall–Kier alpha value is 0.313. The Bertz CT molecular complexity index is 237. The van der Waals surface area contributed by atoms with Crippen molar-refractivity contribution in [1.82, 2.24) is 10.6 Å². The molecule has 0 radical (unpaired) electrons. The van der Waals surface area contributed by atoms with Crippen LogP contribution in [0.2, 0.25) is 0 Å². The van der Waals surface area contributed by atoms with Crippen molar-refractivity contribution in [3.63, 3.8) is 0 Å². The minimum absolute atomic E-state index is 0. The van der Waals surface area contributed by atoms with Gasteiger partial charge in [-0.15, -0.1) is 0 Å². The van der Waals surface area contributed by atoms with Crippen molar-refractivity contribution in [2.45, 2.75) is 6.04 Å². The summed E-state index contributed by atoms with van der Waals surface area (Å²) >= 11 is 18.3. The summed E-state index contributed by atoms with van der Waals surface area (Å²) in [5, 5.41) is 5.15. The van der Waals surface area contributed by atoms with Crippen LogP contribution in [-0.2, 0) is 49.5 Å². The maximum absolute atomic E-state index is 10.8. The van der Waals surface area contributed by atoms with Gasteiger partial charge in [-0.3, -0.25) is 4.79 Å². The van der Waals surface area contributed by atoms with Crippen LogP contribution in [0.1, 0.15) is 0 Å². The summed E-state index contributed by atoms with van der Waals surface area (Å²) < 4.78 is 0.254. The van der Waals surface area contributed by atoms with Gasteiger partial charge in [0.05, 0.1) is 0 Å². The molecule has 0 aromatic heterocycles. The molecule has 0 fully saturated rings. The zero-order chi connectivity index (χ0) is 10.4. The zero-order valence-electron chi connectivity index (χ0n) is 7.11. The smallest absolute Gasteiger partial charge is 0.412 e. The predicted molar refractivity (Wildman–Crippen MR) is 64.0 cm³/mol. The SMILES string of the molecule is NC(=O)C(CNC(=S)[S-])NC(=S)[S-].[Zn+2]. The quantitative estimate of drug-likeness (QED) is 0.337. The summed E-state index contributed by atoms with van der Waals surface area (Å²) in [6.07, 6.45) is 0. The standard InChI is InChI=1S/C5H9N3OS4.Zn/c6-3(9)2(8-5(12)13)1-7-4(10)11;/h2H,1H2,(H2,6,9)(H2,7,10,11)(H2,8,12,13);/q;+2/p-2. The number of hydrogen-bond donors (Lipinski definition) is 3. The maximum atomic E-state index is 10.8. The molecule has 1 unspecified atom stereocenters. The molecule has 0 saturated heterocycles. The third-order valence-electron chi connectivity index (χ3n) is 1.09. The van der Waals surface area contributed by atoms with Crippen LogP contribution in [0.25, 0.3) is 0 Å². The van der Waals surface area contributed by atoms with E-state index in [2.05, 4.69) is 60.3 Å². The van der Waals surface area contributed by atoms with E-state index < -0.39 is 11.9 Å². The van der Waals surface area contributed by atoms with E-state index in [9.17, 15) is 4.79 Å². The van der Waals surface area contributed by atoms with E-state index in [1.54, 1.807) is 0 Å². The van der Waals surface area contributed by atoms with Crippen molar-refractivity contribution in [3.05, 3.63) is 0 Å². The molecule has 1 amide bonds. The molecule has 0 aromatic carbocycles. The first kappa shape index (κ1) is 16.7. The van der Waals surface area contributed by atoms with Crippen LogP contribution in [0.4, 0.5) is 0 Å². The van der Waals surface area contributed by atoms with E-state index in [1.165, 1.54) is 0 Å². The summed E-state index contributed by atoms with van der Waals surface area (Å²) in [6, 6.07) is -0.675. The van der Waals surface area contributed by atoms with Gasteiger partial charge in [-0.2, -0.15) is 0 Å². The summed E-state index contributed by atoms with van der Waals surface area (Å²) in [6.45, 7) is 0.189. The second-order valence-corrected chi connectivity index (χ2v) is 4.20. The Balaban J connectivity index is 0. The summed E-state index contributed by atoms with van der Waals surface area (Å²) in [5.41, 5.74) is 5.05. The van der Waals surface area contributed by atoms with Gasteiger partial charge in [0, 0.05) is 6.54 Å². The van der Waals surface area contributed by atoms with Crippen LogP contribution in [-0.4, -0.2) is 27.1 Å². The molecule has 0 heterocycles. The van der Waals surface area contributed by atoms with E-state index in [0.717, 1.165) is 0 Å². The fourth-order valence-electron chi connectivity index (χ4n) is 0.550. The van der Waals surface area contributed by atoms with Crippen LogP contribution < -0.4 is 16.4 Å². The molecule has 14 heavy (non-hydrogen) atoms. The second-order valence-electron chi connectivity index (χ2n) is 2.06. The number of carbonyl (C=O) groups excluding carboxylic acids is 1. The average molecular weight is 319 g/mol. The molecule has 0 aromatic rings. The van der Waals surface area contributed by atoms with Gasteiger partial charge in [-0.1, -0.05) is 8.64 Å². The van der Waals surface area contributed by atoms with Crippen molar-refractivity contribution >= 4 is 64.2 Å².